The SMILES string of the molecule is CCCC1=Cc2ccccc2S1(OC(C)=O)C(F)(F)F. The summed E-state index contributed by atoms with van der Waals surface area (Å²) < 4.78 is 46.1. The monoisotopic (exact) mass is 304 g/mol. The van der Waals surface area contributed by atoms with Crippen molar-refractivity contribution in [1.82, 2.24) is 0 Å². The number of alkyl halides is 3. The van der Waals surface area contributed by atoms with Crippen molar-refractivity contribution in [2.45, 2.75) is 37.1 Å². The Hall–Kier alpha value is -1.43. The molecule has 0 aliphatic carbocycles. The van der Waals surface area contributed by atoms with Crippen molar-refractivity contribution in [2.24, 2.45) is 0 Å². The minimum Gasteiger partial charge on any atom is -0.399 e. The van der Waals surface area contributed by atoms with E-state index in [0.29, 0.717) is 12.0 Å². The van der Waals surface area contributed by atoms with Crippen LogP contribution in [-0.4, -0.2) is 11.5 Å². The summed E-state index contributed by atoms with van der Waals surface area (Å²) in [6.07, 6.45) is 2.34. The molecule has 6 heteroatoms. The van der Waals surface area contributed by atoms with Gasteiger partial charge in [-0.05, 0) is 24.1 Å². The lowest BCUT2D eigenvalue weighted by Crippen LogP contribution is -2.25. The lowest BCUT2D eigenvalue weighted by atomic mass is 10.2. The van der Waals surface area contributed by atoms with Gasteiger partial charge < -0.3 is 4.18 Å². The number of benzene rings is 1. The van der Waals surface area contributed by atoms with E-state index < -0.39 is 21.8 Å². The Kier molecular flexibility index (Phi) is 3.86. The summed E-state index contributed by atoms with van der Waals surface area (Å²) in [5, 5.41) is 0. The predicted octanol–water partition coefficient (Wildman–Crippen LogP) is 5.00. The van der Waals surface area contributed by atoms with Crippen LogP contribution in [0.5, 0.6) is 0 Å². The highest BCUT2D eigenvalue weighted by atomic mass is 32.3. The molecule has 1 aromatic carbocycles. The number of hydrogen-bond donors (Lipinski definition) is 0. The standard InChI is InChI=1S/C14H15F3O2S/c1-3-6-12-9-11-7-4-5-8-13(11)20(12,14(15,16)17)19-10(2)18/h4-5,7-9H,3,6H2,1-2H3. The molecule has 0 spiro atoms. The molecule has 1 aliphatic rings. The van der Waals surface area contributed by atoms with E-state index in [4.69, 9.17) is 4.18 Å². The van der Waals surface area contributed by atoms with Crippen LogP contribution in [0.15, 0.2) is 34.1 Å². The maximum atomic E-state index is 13.7. The smallest absolute Gasteiger partial charge is 0.399 e. The van der Waals surface area contributed by atoms with E-state index in [-0.39, 0.29) is 16.2 Å². The first-order valence-electron chi connectivity index (χ1n) is 6.22. The van der Waals surface area contributed by atoms with Crippen molar-refractivity contribution in [3.05, 3.63) is 34.7 Å². The molecule has 0 radical (unpaired) electrons. The molecule has 0 bridgehead atoms. The van der Waals surface area contributed by atoms with E-state index in [1.54, 1.807) is 25.1 Å². The number of rotatable bonds is 3. The average Bonchev–Trinajstić information content (AvgIpc) is 2.64. The molecule has 1 atom stereocenters. The molecule has 1 unspecified atom stereocenters. The van der Waals surface area contributed by atoms with Crippen molar-refractivity contribution in [3.63, 3.8) is 0 Å². The quantitative estimate of drug-likeness (QED) is 0.785. The lowest BCUT2D eigenvalue weighted by molar-refractivity contribution is -0.132. The average molecular weight is 304 g/mol. The van der Waals surface area contributed by atoms with E-state index in [2.05, 4.69) is 0 Å². The summed E-state index contributed by atoms with van der Waals surface area (Å²) >= 11 is 0. The van der Waals surface area contributed by atoms with Gasteiger partial charge >= 0.3 is 11.5 Å². The third-order valence-corrected chi connectivity index (χ3v) is 6.17. The third kappa shape index (κ3) is 2.22. The molecule has 1 heterocycles. The maximum Gasteiger partial charge on any atom is 0.464 e. The fourth-order valence-corrected chi connectivity index (χ4v) is 5.30. The largest absolute Gasteiger partial charge is 0.464 e. The number of hydrogen-bond acceptors (Lipinski definition) is 2. The highest BCUT2D eigenvalue weighted by molar-refractivity contribution is 8.34. The molecule has 110 valence electrons. The summed E-state index contributed by atoms with van der Waals surface area (Å²) in [5.41, 5.74) is -4.11. The summed E-state index contributed by atoms with van der Waals surface area (Å²) in [7, 11) is -3.73. The molecule has 0 saturated carbocycles. The first-order valence-corrected chi connectivity index (χ1v) is 7.78. The molecule has 1 aromatic rings. The van der Waals surface area contributed by atoms with Gasteiger partial charge in [0.05, 0.1) is 10.3 Å². The fraction of sp³-hybridized carbons (Fsp3) is 0.357. The van der Waals surface area contributed by atoms with Crippen LogP contribution in [0.2, 0.25) is 0 Å². The van der Waals surface area contributed by atoms with Gasteiger partial charge in [-0.15, -0.1) is 0 Å². The number of allylic oxidation sites excluding steroid dienone is 1. The molecular weight excluding hydrogens is 289 g/mol. The van der Waals surface area contributed by atoms with Crippen molar-refractivity contribution in [2.75, 3.05) is 0 Å². The van der Waals surface area contributed by atoms with E-state index in [9.17, 15) is 18.0 Å². The predicted molar refractivity (Wildman–Crippen MR) is 73.0 cm³/mol. The summed E-state index contributed by atoms with van der Waals surface area (Å²) in [6.45, 7) is 2.82. The molecule has 20 heavy (non-hydrogen) atoms. The number of fused-ring (bicyclic) bond motifs is 1. The lowest BCUT2D eigenvalue weighted by Gasteiger charge is -2.39. The minimum absolute atomic E-state index is 0.0751. The first kappa shape index (κ1) is 15.0. The van der Waals surface area contributed by atoms with Crippen molar-refractivity contribution in [3.8, 4) is 0 Å². The molecule has 0 saturated heterocycles. The van der Waals surface area contributed by atoms with Crippen molar-refractivity contribution in [1.29, 1.82) is 0 Å². The van der Waals surface area contributed by atoms with Crippen LogP contribution >= 0.6 is 10.3 Å². The number of halogens is 3. The normalized spacial score (nSPS) is 24.6. The van der Waals surface area contributed by atoms with Gasteiger partial charge in [0.1, 0.15) is 0 Å². The van der Waals surface area contributed by atoms with Gasteiger partial charge in [0.25, 0.3) is 0 Å². The highest BCUT2D eigenvalue weighted by Gasteiger charge is 2.59. The Morgan fingerprint density at radius 3 is 2.50 bits per heavy atom. The van der Waals surface area contributed by atoms with Crippen LogP contribution in [0.1, 0.15) is 32.3 Å². The molecule has 0 fully saturated rings. The zero-order valence-electron chi connectivity index (χ0n) is 11.2. The highest BCUT2D eigenvalue weighted by Crippen LogP contribution is 2.77. The van der Waals surface area contributed by atoms with E-state index in [1.807, 2.05) is 0 Å². The molecule has 2 rings (SSSR count). The Balaban J connectivity index is 2.68. The topological polar surface area (TPSA) is 26.3 Å². The van der Waals surface area contributed by atoms with Crippen molar-refractivity contribution < 1.29 is 22.1 Å². The van der Waals surface area contributed by atoms with Crippen molar-refractivity contribution >= 4 is 22.4 Å². The Morgan fingerprint density at radius 1 is 1.30 bits per heavy atom. The van der Waals surface area contributed by atoms with Gasteiger partial charge in [-0.1, -0.05) is 31.5 Å². The zero-order chi connectivity index (χ0) is 15.0. The number of carbonyl (C=O) groups is 1. The van der Waals surface area contributed by atoms with Gasteiger partial charge in [-0.3, -0.25) is 4.79 Å². The maximum absolute atomic E-state index is 13.7. The van der Waals surface area contributed by atoms with E-state index in [0.717, 1.165) is 6.92 Å². The summed E-state index contributed by atoms with van der Waals surface area (Å²) in [4.78, 5) is 11.5. The van der Waals surface area contributed by atoms with Crippen LogP contribution in [0.25, 0.3) is 6.08 Å². The second-order valence-electron chi connectivity index (χ2n) is 4.48. The van der Waals surface area contributed by atoms with E-state index >= 15 is 0 Å². The molecule has 0 amide bonds. The Bertz CT molecular complexity index is 566. The Labute approximate surface area is 117 Å². The molecule has 0 aromatic heterocycles. The third-order valence-electron chi connectivity index (χ3n) is 2.98. The van der Waals surface area contributed by atoms with Gasteiger partial charge in [0, 0.05) is 16.7 Å². The van der Waals surface area contributed by atoms with Gasteiger partial charge in [-0.25, -0.2) is 0 Å². The molecular formula is C14H15F3O2S. The van der Waals surface area contributed by atoms with Gasteiger partial charge in [-0.2, -0.15) is 13.2 Å². The van der Waals surface area contributed by atoms with Gasteiger partial charge in [0.15, 0.2) is 0 Å². The molecule has 0 N–H and O–H groups in total. The second kappa shape index (κ2) is 5.16. The summed E-state index contributed by atoms with van der Waals surface area (Å²) in [6, 6.07) is 6.24. The Morgan fingerprint density at radius 2 is 1.95 bits per heavy atom. The van der Waals surface area contributed by atoms with Crippen LogP contribution in [-0.2, 0) is 8.98 Å². The van der Waals surface area contributed by atoms with Crippen LogP contribution in [0, 0.1) is 0 Å². The summed E-state index contributed by atoms with van der Waals surface area (Å²) in [5.74, 6) is -0.906. The van der Waals surface area contributed by atoms with E-state index in [1.165, 1.54) is 12.1 Å². The number of carbonyl (C=O) groups excluding carboxylic acids is 1. The second-order valence-corrected chi connectivity index (χ2v) is 7.18. The molecule has 1 aliphatic heterocycles. The zero-order valence-corrected chi connectivity index (χ0v) is 12.0. The van der Waals surface area contributed by atoms with Crippen LogP contribution < -0.4 is 0 Å². The first-order chi connectivity index (χ1) is 9.33. The van der Waals surface area contributed by atoms with Crippen LogP contribution in [0.4, 0.5) is 13.2 Å². The van der Waals surface area contributed by atoms with Crippen LogP contribution in [0.3, 0.4) is 0 Å². The van der Waals surface area contributed by atoms with Gasteiger partial charge in [0.2, 0.25) is 0 Å². The fourth-order valence-electron chi connectivity index (χ4n) is 2.32. The molecule has 2 nitrogen and oxygen atoms in total. The minimum atomic E-state index is -4.60.